The summed E-state index contributed by atoms with van der Waals surface area (Å²) in [5, 5.41) is 21.7. The quantitative estimate of drug-likeness (QED) is 0.621. The normalized spacial score (nSPS) is 12.6. The van der Waals surface area contributed by atoms with Crippen LogP contribution in [0.2, 0.25) is 0 Å². The molecule has 0 aliphatic rings. The fourth-order valence-corrected chi connectivity index (χ4v) is 1.83. The Morgan fingerprint density at radius 2 is 1.81 bits per heavy atom. The molecule has 0 saturated heterocycles. The number of hydrogen-bond acceptors (Lipinski definition) is 3. The van der Waals surface area contributed by atoms with Gasteiger partial charge >= 0.3 is 0 Å². The van der Waals surface area contributed by atoms with Crippen molar-refractivity contribution in [1.82, 2.24) is 0 Å². The molecule has 4 heteroatoms. The molecule has 1 N–H and O–H groups in total. The molecule has 4 nitrogen and oxygen atoms in total. The second kappa shape index (κ2) is 3.90. The Kier molecular flexibility index (Phi) is 2.58. The van der Waals surface area contributed by atoms with Crippen LogP contribution >= 0.6 is 0 Å². The summed E-state index contributed by atoms with van der Waals surface area (Å²) in [6.07, 6.45) is -0.634. The minimum Gasteiger partial charge on any atom is -0.389 e. The largest absolute Gasteiger partial charge is 0.389 e. The SMILES string of the molecule is C[C@H](O)c1ccc([N+](=O)[O-])c2ccccc12. The van der Waals surface area contributed by atoms with Crippen LogP contribution in [0.1, 0.15) is 18.6 Å². The van der Waals surface area contributed by atoms with E-state index in [9.17, 15) is 15.2 Å². The number of hydrogen-bond donors (Lipinski definition) is 1. The standard InChI is InChI=1S/C12H11NO3/c1-8(14)9-6-7-12(13(15)16)11-5-3-2-4-10(9)11/h2-8,14H,1H3/t8-/m0/s1. The van der Waals surface area contributed by atoms with Gasteiger partial charge in [-0.15, -0.1) is 0 Å². The molecule has 0 aliphatic heterocycles. The second-order valence-electron chi connectivity index (χ2n) is 3.65. The molecule has 0 aromatic heterocycles. The van der Waals surface area contributed by atoms with Crippen LogP contribution in [-0.4, -0.2) is 10.0 Å². The van der Waals surface area contributed by atoms with E-state index in [4.69, 9.17) is 0 Å². The van der Waals surface area contributed by atoms with E-state index in [0.29, 0.717) is 10.9 Å². The molecular weight excluding hydrogens is 206 g/mol. The Morgan fingerprint density at radius 3 is 2.38 bits per heavy atom. The summed E-state index contributed by atoms with van der Waals surface area (Å²) in [4.78, 5) is 10.4. The van der Waals surface area contributed by atoms with E-state index in [-0.39, 0.29) is 5.69 Å². The maximum absolute atomic E-state index is 10.8. The molecule has 0 amide bonds. The first-order chi connectivity index (χ1) is 7.61. The van der Waals surface area contributed by atoms with Crippen molar-refractivity contribution in [2.24, 2.45) is 0 Å². The van der Waals surface area contributed by atoms with Gasteiger partial charge in [0.05, 0.1) is 16.4 Å². The molecule has 0 bridgehead atoms. The highest BCUT2D eigenvalue weighted by Crippen LogP contribution is 2.31. The summed E-state index contributed by atoms with van der Waals surface area (Å²) >= 11 is 0. The number of rotatable bonds is 2. The molecule has 16 heavy (non-hydrogen) atoms. The Bertz CT molecular complexity index is 549. The molecule has 0 unspecified atom stereocenters. The van der Waals surface area contributed by atoms with E-state index in [1.165, 1.54) is 6.07 Å². The van der Waals surface area contributed by atoms with Crippen molar-refractivity contribution in [3.8, 4) is 0 Å². The van der Waals surface area contributed by atoms with Gasteiger partial charge in [0.2, 0.25) is 0 Å². The minimum absolute atomic E-state index is 0.0694. The number of nitro groups is 1. The van der Waals surface area contributed by atoms with Crippen LogP contribution in [0.4, 0.5) is 5.69 Å². The van der Waals surface area contributed by atoms with Crippen molar-refractivity contribution in [3.63, 3.8) is 0 Å². The number of benzene rings is 2. The summed E-state index contributed by atoms with van der Waals surface area (Å²) in [5.74, 6) is 0. The van der Waals surface area contributed by atoms with Gasteiger partial charge in [0.25, 0.3) is 5.69 Å². The van der Waals surface area contributed by atoms with Crippen molar-refractivity contribution < 1.29 is 10.0 Å². The number of non-ortho nitro benzene ring substituents is 1. The van der Waals surface area contributed by atoms with Crippen LogP contribution in [0.3, 0.4) is 0 Å². The van der Waals surface area contributed by atoms with Gasteiger partial charge in [0.15, 0.2) is 0 Å². The lowest BCUT2D eigenvalue weighted by molar-refractivity contribution is -0.383. The van der Waals surface area contributed by atoms with Crippen molar-refractivity contribution >= 4 is 16.5 Å². The number of aliphatic hydroxyl groups excluding tert-OH is 1. The first-order valence-corrected chi connectivity index (χ1v) is 4.95. The lowest BCUT2D eigenvalue weighted by Crippen LogP contribution is -1.96. The topological polar surface area (TPSA) is 63.4 Å². The average molecular weight is 217 g/mol. The second-order valence-corrected chi connectivity index (χ2v) is 3.65. The van der Waals surface area contributed by atoms with Crippen LogP contribution in [0.15, 0.2) is 36.4 Å². The van der Waals surface area contributed by atoms with Crippen LogP contribution < -0.4 is 0 Å². The molecule has 0 aliphatic carbocycles. The Morgan fingerprint density at radius 1 is 1.19 bits per heavy atom. The van der Waals surface area contributed by atoms with E-state index in [1.807, 2.05) is 0 Å². The highest BCUT2D eigenvalue weighted by molar-refractivity contribution is 5.93. The van der Waals surface area contributed by atoms with Gasteiger partial charge in [0.1, 0.15) is 0 Å². The zero-order valence-electron chi connectivity index (χ0n) is 8.75. The maximum atomic E-state index is 10.8. The molecule has 0 saturated carbocycles. The van der Waals surface area contributed by atoms with E-state index in [0.717, 1.165) is 5.39 Å². The molecule has 0 heterocycles. The summed E-state index contributed by atoms with van der Waals surface area (Å²) in [7, 11) is 0. The maximum Gasteiger partial charge on any atom is 0.277 e. The van der Waals surface area contributed by atoms with Crippen molar-refractivity contribution in [2.45, 2.75) is 13.0 Å². The highest BCUT2D eigenvalue weighted by atomic mass is 16.6. The molecule has 1 atom stereocenters. The van der Waals surface area contributed by atoms with Gasteiger partial charge in [-0.25, -0.2) is 0 Å². The Balaban J connectivity index is 2.82. The van der Waals surface area contributed by atoms with E-state index >= 15 is 0 Å². The summed E-state index contributed by atoms with van der Waals surface area (Å²) in [6, 6.07) is 10.1. The van der Waals surface area contributed by atoms with Gasteiger partial charge in [-0.05, 0) is 30.0 Å². The number of fused-ring (bicyclic) bond motifs is 1. The molecular formula is C12H11NO3. The highest BCUT2D eigenvalue weighted by Gasteiger charge is 2.15. The van der Waals surface area contributed by atoms with Gasteiger partial charge in [-0.2, -0.15) is 0 Å². The monoisotopic (exact) mass is 217 g/mol. The number of nitrogens with zero attached hydrogens (tertiary/aromatic N) is 1. The summed E-state index contributed by atoms with van der Waals surface area (Å²) in [5.41, 5.74) is 0.779. The molecule has 2 aromatic rings. The van der Waals surface area contributed by atoms with E-state index in [2.05, 4.69) is 0 Å². The molecule has 82 valence electrons. The molecule has 0 radical (unpaired) electrons. The van der Waals surface area contributed by atoms with E-state index in [1.54, 1.807) is 37.3 Å². The smallest absolute Gasteiger partial charge is 0.277 e. The molecule has 2 rings (SSSR count). The number of aliphatic hydroxyl groups is 1. The van der Waals surface area contributed by atoms with E-state index < -0.39 is 11.0 Å². The predicted molar refractivity (Wildman–Crippen MR) is 61.2 cm³/mol. The van der Waals surface area contributed by atoms with Crippen molar-refractivity contribution in [1.29, 1.82) is 0 Å². The zero-order chi connectivity index (χ0) is 11.7. The predicted octanol–water partition coefficient (Wildman–Crippen LogP) is 2.80. The summed E-state index contributed by atoms with van der Waals surface area (Å²) in [6.45, 7) is 1.65. The van der Waals surface area contributed by atoms with Gasteiger partial charge < -0.3 is 5.11 Å². The third-order valence-corrected chi connectivity index (χ3v) is 2.58. The lowest BCUT2D eigenvalue weighted by atomic mass is 10.00. The van der Waals surface area contributed by atoms with Crippen LogP contribution in [-0.2, 0) is 0 Å². The Hall–Kier alpha value is -1.94. The third kappa shape index (κ3) is 1.63. The minimum atomic E-state index is -0.634. The van der Waals surface area contributed by atoms with Gasteiger partial charge in [0, 0.05) is 6.07 Å². The van der Waals surface area contributed by atoms with Gasteiger partial charge in [-0.3, -0.25) is 10.1 Å². The van der Waals surface area contributed by atoms with Crippen molar-refractivity contribution in [3.05, 3.63) is 52.1 Å². The Labute approximate surface area is 92.3 Å². The van der Waals surface area contributed by atoms with Crippen molar-refractivity contribution in [2.75, 3.05) is 0 Å². The molecule has 2 aromatic carbocycles. The van der Waals surface area contributed by atoms with Crippen LogP contribution in [0, 0.1) is 10.1 Å². The summed E-state index contributed by atoms with van der Waals surface area (Å²) < 4.78 is 0. The lowest BCUT2D eigenvalue weighted by Gasteiger charge is -2.09. The van der Waals surface area contributed by atoms with Crippen LogP contribution in [0.25, 0.3) is 10.8 Å². The van der Waals surface area contributed by atoms with Gasteiger partial charge in [-0.1, -0.05) is 18.2 Å². The molecule has 0 spiro atoms. The molecule has 0 fully saturated rings. The van der Waals surface area contributed by atoms with Crippen LogP contribution in [0.5, 0.6) is 0 Å². The fraction of sp³-hybridized carbons (Fsp3) is 0.167. The average Bonchev–Trinajstić information content (AvgIpc) is 2.27. The number of nitro benzene ring substituents is 1. The fourth-order valence-electron chi connectivity index (χ4n) is 1.83. The third-order valence-electron chi connectivity index (χ3n) is 2.58. The first kappa shape index (κ1) is 10.6. The first-order valence-electron chi connectivity index (χ1n) is 4.95. The zero-order valence-corrected chi connectivity index (χ0v) is 8.75.